The number of hydrogen-bond donors (Lipinski definition) is 1. The Kier molecular flexibility index (Phi) is 6.85. The molecule has 39 heavy (non-hydrogen) atoms. The van der Waals surface area contributed by atoms with Gasteiger partial charge in [-0.2, -0.15) is 0 Å². The first-order chi connectivity index (χ1) is 18.8. The molecule has 10 heteroatoms. The molecule has 0 fully saturated rings. The standard InChI is InChI=1S/C29H25BN4O5/c1-17-27(29(36)34(33(17)2)18-8-6-5-7-9-18)28(35)32-22-11-10-19(14-21(22)30)39-24-12-13-31-23-16-26(38-4)25(37-3)15-20(23)24/h5-16H,1-4H3,(H,32,35). The zero-order chi connectivity index (χ0) is 27.7. The normalized spacial score (nSPS) is 10.9. The molecule has 5 aromatic rings. The molecule has 0 aliphatic rings. The summed E-state index contributed by atoms with van der Waals surface area (Å²) in [6, 6.07) is 19.3. The lowest BCUT2D eigenvalue weighted by atomic mass is 9.93. The lowest BCUT2D eigenvalue weighted by Crippen LogP contribution is -2.26. The molecule has 3 aromatic carbocycles. The van der Waals surface area contributed by atoms with Crippen LogP contribution in [0, 0.1) is 6.92 Å². The van der Waals surface area contributed by atoms with Crippen molar-refractivity contribution in [1.29, 1.82) is 0 Å². The first-order valence-corrected chi connectivity index (χ1v) is 12.1. The molecule has 194 valence electrons. The number of para-hydroxylation sites is 1. The third-order valence-corrected chi connectivity index (χ3v) is 6.49. The van der Waals surface area contributed by atoms with E-state index >= 15 is 0 Å². The summed E-state index contributed by atoms with van der Waals surface area (Å²) in [5.41, 5.74) is 2.09. The van der Waals surface area contributed by atoms with Gasteiger partial charge in [-0.05, 0) is 49.4 Å². The summed E-state index contributed by atoms with van der Waals surface area (Å²) in [7, 11) is 11.1. The van der Waals surface area contributed by atoms with Crippen LogP contribution >= 0.6 is 0 Å². The van der Waals surface area contributed by atoms with E-state index in [1.807, 2.05) is 18.2 Å². The van der Waals surface area contributed by atoms with Crippen molar-refractivity contribution in [3.8, 4) is 28.7 Å². The monoisotopic (exact) mass is 520 g/mol. The van der Waals surface area contributed by atoms with Crippen molar-refractivity contribution in [2.45, 2.75) is 6.92 Å². The van der Waals surface area contributed by atoms with E-state index in [4.69, 9.17) is 22.1 Å². The molecule has 0 bridgehead atoms. The van der Waals surface area contributed by atoms with Gasteiger partial charge in [-0.1, -0.05) is 23.7 Å². The van der Waals surface area contributed by atoms with Gasteiger partial charge in [0.2, 0.25) is 0 Å². The topological polar surface area (TPSA) is 96.6 Å². The van der Waals surface area contributed by atoms with Crippen molar-refractivity contribution in [1.82, 2.24) is 14.3 Å². The summed E-state index contributed by atoms with van der Waals surface area (Å²) in [4.78, 5) is 30.8. The smallest absolute Gasteiger partial charge is 0.284 e. The van der Waals surface area contributed by atoms with Gasteiger partial charge in [-0.3, -0.25) is 19.3 Å². The van der Waals surface area contributed by atoms with Crippen LogP contribution in [0.1, 0.15) is 16.1 Å². The van der Waals surface area contributed by atoms with Crippen LogP contribution in [-0.2, 0) is 7.05 Å². The number of anilines is 1. The zero-order valence-electron chi connectivity index (χ0n) is 21.9. The maximum absolute atomic E-state index is 13.2. The van der Waals surface area contributed by atoms with Gasteiger partial charge in [0.05, 0.1) is 31.1 Å². The molecule has 0 atom stereocenters. The summed E-state index contributed by atoms with van der Waals surface area (Å²) in [5.74, 6) is 1.55. The van der Waals surface area contributed by atoms with Gasteiger partial charge in [-0.15, -0.1) is 0 Å². The Labute approximate surface area is 226 Å². The molecule has 1 amide bonds. The van der Waals surface area contributed by atoms with Crippen molar-refractivity contribution in [3.05, 3.63) is 94.5 Å². The molecular weight excluding hydrogens is 495 g/mol. The second kappa shape index (κ2) is 10.4. The molecule has 0 aliphatic carbocycles. The Hall–Kier alpha value is -4.99. The van der Waals surface area contributed by atoms with Gasteiger partial charge < -0.3 is 19.5 Å². The number of rotatable bonds is 7. The number of ether oxygens (including phenoxy) is 3. The number of benzene rings is 3. The molecule has 0 saturated heterocycles. The van der Waals surface area contributed by atoms with Crippen molar-refractivity contribution in [2.75, 3.05) is 19.5 Å². The Balaban J connectivity index is 1.41. The molecule has 0 aliphatic heterocycles. The number of nitrogens with one attached hydrogen (secondary N) is 1. The van der Waals surface area contributed by atoms with Crippen molar-refractivity contribution >= 4 is 35.8 Å². The van der Waals surface area contributed by atoms with Crippen molar-refractivity contribution < 1.29 is 19.0 Å². The number of pyridine rings is 1. The number of carbonyl (C=O) groups is 1. The van der Waals surface area contributed by atoms with Crippen LogP contribution < -0.4 is 30.5 Å². The molecule has 2 heterocycles. The number of carbonyl (C=O) groups excluding carboxylic acids is 1. The lowest BCUT2D eigenvalue weighted by molar-refractivity contribution is 0.102. The van der Waals surface area contributed by atoms with Gasteiger partial charge in [0.25, 0.3) is 11.5 Å². The van der Waals surface area contributed by atoms with Crippen LogP contribution in [0.5, 0.6) is 23.0 Å². The fourth-order valence-electron chi connectivity index (χ4n) is 4.40. The van der Waals surface area contributed by atoms with Crippen LogP contribution in [0.15, 0.2) is 77.7 Å². The predicted molar refractivity (Wildman–Crippen MR) is 150 cm³/mol. The van der Waals surface area contributed by atoms with Gasteiger partial charge >= 0.3 is 0 Å². The SMILES string of the molecule is [B]c1cc(Oc2ccnc3cc(OC)c(OC)cc23)ccc1NC(=O)c1c(C)n(C)n(-c2ccccc2)c1=O. The van der Waals surface area contributed by atoms with Crippen molar-refractivity contribution in [2.24, 2.45) is 7.05 Å². The van der Waals surface area contributed by atoms with Gasteiger partial charge in [0.1, 0.15) is 24.9 Å². The third kappa shape index (κ3) is 4.72. The first-order valence-electron chi connectivity index (χ1n) is 12.1. The minimum Gasteiger partial charge on any atom is -0.493 e. The fourth-order valence-corrected chi connectivity index (χ4v) is 4.40. The molecule has 0 saturated carbocycles. The summed E-state index contributed by atoms with van der Waals surface area (Å²) in [5, 5.41) is 3.48. The highest BCUT2D eigenvalue weighted by atomic mass is 16.5. The first kappa shape index (κ1) is 25.7. The molecule has 9 nitrogen and oxygen atoms in total. The van der Waals surface area contributed by atoms with Gasteiger partial charge in [0.15, 0.2) is 11.5 Å². The molecule has 1 N–H and O–H groups in total. The Morgan fingerprint density at radius 1 is 0.949 bits per heavy atom. The van der Waals surface area contributed by atoms with E-state index in [1.165, 1.54) is 4.68 Å². The fraction of sp³-hybridized carbons (Fsp3) is 0.138. The van der Waals surface area contributed by atoms with Crippen LogP contribution in [-0.4, -0.2) is 42.3 Å². The average Bonchev–Trinajstić information content (AvgIpc) is 3.17. The highest BCUT2D eigenvalue weighted by molar-refractivity contribution is 6.36. The summed E-state index contributed by atoms with van der Waals surface area (Å²) in [6.45, 7) is 1.72. The van der Waals surface area contributed by atoms with Crippen LogP contribution in [0.4, 0.5) is 5.69 Å². The van der Waals surface area contributed by atoms with E-state index in [0.717, 1.165) is 5.39 Å². The van der Waals surface area contributed by atoms with Gasteiger partial charge in [-0.25, -0.2) is 4.68 Å². The quantitative estimate of drug-likeness (QED) is 0.327. The second-order valence-corrected chi connectivity index (χ2v) is 8.78. The molecular formula is C29H25BN4O5. The second-order valence-electron chi connectivity index (χ2n) is 8.78. The van der Waals surface area contributed by atoms with E-state index in [2.05, 4.69) is 10.3 Å². The Morgan fingerprint density at radius 2 is 1.67 bits per heavy atom. The van der Waals surface area contributed by atoms with E-state index < -0.39 is 11.5 Å². The highest BCUT2D eigenvalue weighted by Gasteiger charge is 2.22. The molecule has 2 radical (unpaired) electrons. The zero-order valence-corrected chi connectivity index (χ0v) is 21.9. The Morgan fingerprint density at radius 3 is 2.36 bits per heavy atom. The number of methoxy groups -OCH3 is 2. The van der Waals surface area contributed by atoms with E-state index in [0.29, 0.717) is 45.6 Å². The third-order valence-electron chi connectivity index (χ3n) is 6.49. The highest BCUT2D eigenvalue weighted by Crippen LogP contribution is 2.36. The maximum atomic E-state index is 13.2. The number of nitrogens with zero attached hydrogens (tertiary/aromatic N) is 3. The van der Waals surface area contributed by atoms with E-state index in [-0.39, 0.29) is 11.0 Å². The number of hydrogen-bond acceptors (Lipinski definition) is 6. The summed E-state index contributed by atoms with van der Waals surface area (Å²) in [6.07, 6.45) is 1.63. The van der Waals surface area contributed by atoms with Gasteiger partial charge in [0, 0.05) is 30.4 Å². The number of fused-ring (bicyclic) bond motifs is 1. The minimum atomic E-state index is -0.552. The largest absolute Gasteiger partial charge is 0.493 e. The van der Waals surface area contributed by atoms with E-state index in [9.17, 15) is 9.59 Å². The molecule has 5 rings (SSSR count). The van der Waals surface area contributed by atoms with E-state index in [1.54, 1.807) is 87.6 Å². The minimum absolute atomic E-state index is 0.0358. The van der Waals surface area contributed by atoms with Crippen LogP contribution in [0.2, 0.25) is 0 Å². The average molecular weight is 520 g/mol. The predicted octanol–water partition coefficient (Wildman–Crippen LogP) is 3.89. The molecule has 0 spiro atoms. The van der Waals surface area contributed by atoms with Crippen LogP contribution in [0.25, 0.3) is 16.6 Å². The Bertz CT molecular complexity index is 1760. The summed E-state index contributed by atoms with van der Waals surface area (Å²) < 4.78 is 20.0. The number of amides is 1. The molecule has 2 aromatic heterocycles. The maximum Gasteiger partial charge on any atom is 0.284 e. The lowest BCUT2D eigenvalue weighted by Gasteiger charge is -2.14. The molecule has 0 unspecified atom stereocenters. The van der Waals surface area contributed by atoms with Crippen molar-refractivity contribution in [3.63, 3.8) is 0 Å². The number of aromatic nitrogens is 3. The summed E-state index contributed by atoms with van der Waals surface area (Å²) >= 11 is 0. The van der Waals surface area contributed by atoms with Crippen LogP contribution in [0.3, 0.4) is 0 Å².